The lowest BCUT2D eigenvalue weighted by atomic mass is 9.99. The number of rotatable bonds is 2. The molecule has 0 aromatic carbocycles. The second kappa shape index (κ2) is 13.0. The Labute approximate surface area is 214 Å². The maximum absolute atomic E-state index is 13.2. The Hall–Kier alpha value is -1.76. The fraction of sp³-hybridized carbons (Fsp3) is 0.739. The summed E-state index contributed by atoms with van der Waals surface area (Å²) in [6.45, 7) is 7.27. The van der Waals surface area contributed by atoms with E-state index in [4.69, 9.17) is 9.47 Å². The van der Waals surface area contributed by atoms with Gasteiger partial charge in [-0.3, -0.25) is 24.5 Å². The second-order valence-corrected chi connectivity index (χ2v) is 12.2. The highest BCUT2D eigenvalue weighted by atomic mass is 33.1. The van der Waals surface area contributed by atoms with Crippen LogP contribution in [0.1, 0.15) is 40.5 Å². The molecule has 12 heteroatoms. The molecular weight excluding hydrogens is 492 g/mol. The summed E-state index contributed by atoms with van der Waals surface area (Å²) in [5.41, 5.74) is 0. The predicted octanol–water partition coefficient (Wildman–Crippen LogP) is 0.724. The van der Waals surface area contributed by atoms with E-state index in [0.717, 1.165) is 5.75 Å². The van der Waals surface area contributed by atoms with Crippen molar-refractivity contribution in [2.24, 2.45) is 11.8 Å². The van der Waals surface area contributed by atoms with Gasteiger partial charge in [-0.2, -0.15) is 0 Å². The van der Waals surface area contributed by atoms with Crippen molar-refractivity contribution < 1.29 is 28.7 Å². The molecule has 3 unspecified atom stereocenters. The molecule has 6 atom stereocenters. The molecule has 4 heterocycles. The average Bonchev–Trinajstić information content (AvgIpc) is 3.54. The molecule has 4 aliphatic heterocycles. The van der Waals surface area contributed by atoms with Crippen molar-refractivity contribution in [1.29, 1.82) is 0 Å². The third kappa shape index (κ3) is 8.40. The van der Waals surface area contributed by atoms with Crippen LogP contribution in [0.3, 0.4) is 0 Å². The van der Waals surface area contributed by atoms with Crippen LogP contribution in [0.2, 0.25) is 0 Å². The van der Waals surface area contributed by atoms with E-state index >= 15 is 0 Å². The molecule has 10 nitrogen and oxygen atoms in total. The smallest absolute Gasteiger partial charge is 0.326 e. The van der Waals surface area contributed by atoms with Crippen molar-refractivity contribution in [3.63, 3.8) is 0 Å². The molecule has 196 valence electrons. The number of ether oxygens (including phenoxy) is 2. The van der Waals surface area contributed by atoms with Crippen LogP contribution in [0.5, 0.6) is 0 Å². The lowest BCUT2D eigenvalue weighted by molar-refractivity contribution is -0.148. The summed E-state index contributed by atoms with van der Waals surface area (Å²) in [5.74, 6) is -0.560. The van der Waals surface area contributed by atoms with Crippen molar-refractivity contribution in [3.05, 3.63) is 12.2 Å². The van der Waals surface area contributed by atoms with Gasteiger partial charge in [-0.25, -0.2) is 0 Å². The fourth-order valence-electron chi connectivity index (χ4n) is 3.94. The Kier molecular flexibility index (Phi) is 10.3. The first kappa shape index (κ1) is 27.8. The molecule has 0 aliphatic carbocycles. The Balaban J connectivity index is 1.92. The number of nitrogens with one attached hydrogen (secondary N) is 4. The third-order valence-corrected chi connectivity index (χ3v) is 8.41. The van der Waals surface area contributed by atoms with Crippen LogP contribution in [0.25, 0.3) is 0 Å². The van der Waals surface area contributed by atoms with Gasteiger partial charge in [0.05, 0.1) is 18.5 Å². The predicted molar refractivity (Wildman–Crippen MR) is 135 cm³/mol. The summed E-state index contributed by atoms with van der Waals surface area (Å²) < 4.78 is 11.4. The monoisotopic (exact) mass is 528 g/mol. The number of epoxide rings is 1. The maximum Gasteiger partial charge on any atom is 0.326 e. The van der Waals surface area contributed by atoms with E-state index in [1.54, 1.807) is 27.7 Å². The van der Waals surface area contributed by atoms with Crippen molar-refractivity contribution >= 4 is 45.3 Å². The number of amides is 3. The summed E-state index contributed by atoms with van der Waals surface area (Å²) in [7, 11) is 3.20. The Morgan fingerprint density at radius 1 is 1.00 bits per heavy atom. The van der Waals surface area contributed by atoms with Gasteiger partial charge in [0.1, 0.15) is 31.0 Å². The van der Waals surface area contributed by atoms with Gasteiger partial charge in [-0.1, -0.05) is 55.4 Å². The van der Waals surface area contributed by atoms with Crippen LogP contribution in [0.15, 0.2) is 12.2 Å². The van der Waals surface area contributed by atoms with Gasteiger partial charge in [0.25, 0.3) is 0 Å². The number of carbonyl (C=O) groups excluding carboxylic acids is 4. The van der Waals surface area contributed by atoms with Crippen molar-refractivity contribution in [2.75, 3.05) is 18.1 Å². The summed E-state index contributed by atoms with van der Waals surface area (Å²) in [6.07, 6.45) is 2.84. The molecule has 4 aliphatic rings. The first-order chi connectivity index (χ1) is 16.7. The number of allylic oxidation sites excluding steroid dienone is 1. The van der Waals surface area contributed by atoms with E-state index in [0.29, 0.717) is 12.2 Å². The van der Waals surface area contributed by atoms with E-state index in [1.165, 1.54) is 0 Å². The molecule has 2 bridgehead atoms. The fourth-order valence-corrected chi connectivity index (χ4v) is 6.11. The minimum Gasteiger partial charge on any atom is -0.456 e. The van der Waals surface area contributed by atoms with Crippen LogP contribution < -0.4 is 21.3 Å². The highest BCUT2D eigenvalue weighted by molar-refractivity contribution is 8.76. The largest absolute Gasteiger partial charge is 0.456 e. The quantitative estimate of drug-likeness (QED) is 0.134. The van der Waals surface area contributed by atoms with Crippen molar-refractivity contribution in [3.8, 4) is 0 Å². The van der Waals surface area contributed by atoms with Crippen molar-refractivity contribution in [2.45, 2.75) is 77.1 Å². The van der Waals surface area contributed by atoms with Crippen LogP contribution in [-0.4, -0.2) is 78.3 Å². The third-order valence-electron chi connectivity index (χ3n) is 5.97. The van der Waals surface area contributed by atoms with Gasteiger partial charge in [0, 0.05) is 11.5 Å². The number of hydrogen-bond acceptors (Lipinski definition) is 9. The first-order valence-corrected chi connectivity index (χ1v) is 14.5. The minimum absolute atomic E-state index is 0.0383. The molecule has 2 fully saturated rings. The molecule has 3 amide bonds. The molecule has 0 saturated carbocycles. The zero-order valence-electron chi connectivity index (χ0n) is 20.6. The molecular formula is C23H36N4O6S2. The maximum atomic E-state index is 13.2. The molecule has 2 saturated heterocycles. The minimum atomic E-state index is -0.818. The van der Waals surface area contributed by atoms with Gasteiger partial charge in [0.15, 0.2) is 0 Å². The number of fused-ring (bicyclic) bond motifs is 15. The molecule has 0 radical (unpaired) electrons. The van der Waals surface area contributed by atoms with E-state index in [9.17, 15) is 19.2 Å². The SMILES string of the molecule is CC(C)[C@H]1NC(=O)CC2/C=C/CCSSC[C@@H](NC3OC31)C(=O)N[C@H](C(C)C)C(=O)NCC(=O)O2. The molecule has 4 rings (SSSR count). The molecule has 0 spiro atoms. The summed E-state index contributed by atoms with van der Waals surface area (Å²) in [6, 6.07) is -1.70. The van der Waals surface area contributed by atoms with E-state index in [-0.39, 0.29) is 48.8 Å². The van der Waals surface area contributed by atoms with Gasteiger partial charge in [-0.05, 0) is 24.3 Å². The standard InChI is InChI=1S/C23H36N4O6S2/c1-12(2)18-20-23(33-20)25-15-11-35-34-8-6-5-7-14(9-16(28)26-18)32-17(29)10-24-22(31)19(13(3)4)27-21(15)30/h5,7,12-15,18-20,23,25H,6,8-11H2,1-4H3,(H,24,31)(H,26,28)(H,27,30)/b7-5+/t14?,15-,18-,19-,20?,23?/m1/s1. The summed E-state index contributed by atoms with van der Waals surface area (Å²) in [5, 5.41) is 11.7. The van der Waals surface area contributed by atoms with Gasteiger partial charge in [0.2, 0.25) is 17.7 Å². The van der Waals surface area contributed by atoms with Gasteiger partial charge < -0.3 is 25.4 Å². The molecule has 0 aromatic heterocycles. The van der Waals surface area contributed by atoms with E-state index in [1.807, 2.05) is 33.8 Å². The summed E-state index contributed by atoms with van der Waals surface area (Å²) >= 11 is 0. The Morgan fingerprint density at radius 2 is 1.77 bits per heavy atom. The van der Waals surface area contributed by atoms with Crippen LogP contribution >= 0.6 is 21.6 Å². The molecule has 0 aromatic rings. The zero-order valence-corrected chi connectivity index (χ0v) is 22.2. The van der Waals surface area contributed by atoms with Crippen LogP contribution in [-0.2, 0) is 28.7 Å². The number of esters is 1. The highest BCUT2D eigenvalue weighted by Crippen LogP contribution is 2.30. The number of carbonyl (C=O) groups is 4. The lowest BCUT2D eigenvalue weighted by Gasteiger charge is -2.25. The normalized spacial score (nSPS) is 34.6. The Bertz CT molecular complexity index is 824. The van der Waals surface area contributed by atoms with E-state index in [2.05, 4.69) is 21.3 Å². The zero-order chi connectivity index (χ0) is 25.5. The van der Waals surface area contributed by atoms with Crippen LogP contribution in [0.4, 0.5) is 0 Å². The highest BCUT2D eigenvalue weighted by Gasteiger charge is 2.48. The van der Waals surface area contributed by atoms with Crippen molar-refractivity contribution in [1.82, 2.24) is 21.3 Å². The first-order valence-electron chi connectivity index (χ1n) is 12.0. The van der Waals surface area contributed by atoms with Crippen LogP contribution in [0, 0.1) is 11.8 Å². The summed E-state index contributed by atoms with van der Waals surface area (Å²) in [4.78, 5) is 51.4. The number of hydrogen-bond donors (Lipinski definition) is 4. The van der Waals surface area contributed by atoms with E-state index < -0.39 is 36.3 Å². The molecule has 35 heavy (non-hydrogen) atoms. The van der Waals surface area contributed by atoms with Gasteiger partial charge >= 0.3 is 5.97 Å². The second-order valence-electron chi connectivity index (χ2n) is 9.58. The average molecular weight is 529 g/mol. The molecule has 4 N–H and O–H groups in total. The Morgan fingerprint density at radius 3 is 2.49 bits per heavy atom. The lowest BCUT2D eigenvalue weighted by Crippen LogP contribution is -2.56. The topological polar surface area (TPSA) is 138 Å². The van der Waals surface area contributed by atoms with Gasteiger partial charge in [-0.15, -0.1) is 0 Å².